The molecule has 0 radical (unpaired) electrons. The SMILES string of the molecule is CC(C)N(CCNS(=O)(=O)c1ccc(CCN)s1)C(C)C. The Hall–Kier alpha value is -0.470. The van der Waals surface area contributed by atoms with Crippen LogP contribution in [0.3, 0.4) is 0 Å². The minimum Gasteiger partial charge on any atom is -0.330 e. The van der Waals surface area contributed by atoms with Crippen LogP contribution in [0.4, 0.5) is 0 Å². The minimum absolute atomic E-state index is 0.367. The van der Waals surface area contributed by atoms with Crippen LogP contribution in [0.5, 0.6) is 0 Å². The summed E-state index contributed by atoms with van der Waals surface area (Å²) in [6.07, 6.45) is 0.717. The van der Waals surface area contributed by atoms with Crippen LogP contribution in [0.1, 0.15) is 32.6 Å². The first-order valence-corrected chi connectivity index (χ1v) is 9.62. The molecule has 0 unspecified atom stereocenters. The number of sulfonamides is 1. The van der Waals surface area contributed by atoms with Crippen molar-refractivity contribution >= 4 is 21.4 Å². The second-order valence-corrected chi connectivity index (χ2v) is 8.74. The monoisotopic (exact) mass is 333 g/mol. The van der Waals surface area contributed by atoms with Gasteiger partial charge in [-0.3, -0.25) is 4.90 Å². The van der Waals surface area contributed by atoms with Gasteiger partial charge in [0.25, 0.3) is 0 Å². The average Bonchev–Trinajstić information content (AvgIpc) is 2.83. The van der Waals surface area contributed by atoms with E-state index >= 15 is 0 Å². The molecule has 5 nitrogen and oxygen atoms in total. The van der Waals surface area contributed by atoms with Crippen LogP contribution in [0.25, 0.3) is 0 Å². The van der Waals surface area contributed by atoms with Crippen molar-refractivity contribution in [2.24, 2.45) is 5.73 Å². The van der Waals surface area contributed by atoms with Crippen LogP contribution >= 0.6 is 11.3 Å². The number of hydrogen-bond donors (Lipinski definition) is 2. The van der Waals surface area contributed by atoms with E-state index in [1.54, 1.807) is 6.07 Å². The highest BCUT2D eigenvalue weighted by Gasteiger charge is 2.18. The highest BCUT2D eigenvalue weighted by molar-refractivity contribution is 7.91. The lowest BCUT2D eigenvalue weighted by atomic mass is 10.2. The lowest BCUT2D eigenvalue weighted by Crippen LogP contribution is -2.42. The molecule has 1 heterocycles. The van der Waals surface area contributed by atoms with E-state index in [0.717, 1.165) is 4.88 Å². The molecule has 7 heteroatoms. The normalized spacial score (nSPS) is 12.8. The molecule has 0 saturated carbocycles. The van der Waals surface area contributed by atoms with Gasteiger partial charge in [-0.05, 0) is 52.8 Å². The molecule has 0 saturated heterocycles. The molecule has 122 valence electrons. The molecule has 0 aliphatic carbocycles. The highest BCUT2D eigenvalue weighted by Crippen LogP contribution is 2.21. The maximum absolute atomic E-state index is 12.2. The molecule has 0 fully saturated rings. The predicted octanol–water partition coefficient (Wildman–Crippen LogP) is 1.65. The molecule has 0 bridgehead atoms. The lowest BCUT2D eigenvalue weighted by molar-refractivity contribution is 0.179. The van der Waals surface area contributed by atoms with Crippen molar-refractivity contribution in [1.29, 1.82) is 0 Å². The van der Waals surface area contributed by atoms with Gasteiger partial charge in [0.2, 0.25) is 10.0 Å². The molecular weight excluding hydrogens is 306 g/mol. The Labute approximate surface area is 132 Å². The van der Waals surface area contributed by atoms with Gasteiger partial charge < -0.3 is 5.73 Å². The number of hydrogen-bond acceptors (Lipinski definition) is 5. The van der Waals surface area contributed by atoms with E-state index in [-0.39, 0.29) is 0 Å². The number of nitrogens with one attached hydrogen (secondary N) is 1. The lowest BCUT2D eigenvalue weighted by Gasteiger charge is -2.30. The molecule has 1 aromatic rings. The summed E-state index contributed by atoms with van der Waals surface area (Å²) < 4.78 is 27.5. The van der Waals surface area contributed by atoms with Crippen molar-refractivity contribution in [3.05, 3.63) is 17.0 Å². The zero-order chi connectivity index (χ0) is 16.0. The molecule has 1 aromatic heterocycles. The zero-order valence-electron chi connectivity index (χ0n) is 13.3. The third-order valence-corrected chi connectivity index (χ3v) is 6.38. The summed E-state index contributed by atoms with van der Waals surface area (Å²) in [6.45, 7) is 10.1. The summed E-state index contributed by atoms with van der Waals surface area (Å²) in [5, 5.41) is 0. The van der Waals surface area contributed by atoms with Gasteiger partial charge in [-0.15, -0.1) is 11.3 Å². The van der Waals surface area contributed by atoms with Gasteiger partial charge in [-0.2, -0.15) is 0 Å². The average molecular weight is 334 g/mol. The summed E-state index contributed by atoms with van der Waals surface area (Å²) in [7, 11) is -3.40. The summed E-state index contributed by atoms with van der Waals surface area (Å²) in [5.74, 6) is 0. The summed E-state index contributed by atoms with van der Waals surface area (Å²) in [4.78, 5) is 3.26. The first kappa shape index (κ1) is 18.6. The van der Waals surface area contributed by atoms with Crippen molar-refractivity contribution in [3.8, 4) is 0 Å². The fraction of sp³-hybridized carbons (Fsp3) is 0.714. The van der Waals surface area contributed by atoms with Gasteiger partial charge in [-0.25, -0.2) is 13.1 Å². The molecule has 3 N–H and O–H groups in total. The summed E-state index contributed by atoms with van der Waals surface area (Å²) >= 11 is 1.29. The number of rotatable bonds is 9. The Bertz CT molecular complexity index is 516. The van der Waals surface area contributed by atoms with Crippen LogP contribution in [-0.2, 0) is 16.4 Å². The number of thiophene rings is 1. The Morgan fingerprint density at radius 3 is 2.38 bits per heavy atom. The largest absolute Gasteiger partial charge is 0.330 e. The standard InChI is InChI=1S/C14H27N3O2S2/c1-11(2)17(12(3)4)10-9-16-21(18,19)14-6-5-13(20-14)7-8-15/h5-6,11-12,16H,7-10,15H2,1-4H3. The van der Waals surface area contributed by atoms with E-state index in [1.807, 2.05) is 6.07 Å². The van der Waals surface area contributed by atoms with Crippen molar-refractivity contribution in [1.82, 2.24) is 9.62 Å². The van der Waals surface area contributed by atoms with E-state index in [1.165, 1.54) is 11.3 Å². The quantitative estimate of drug-likeness (QED) is 0.720. The van der Waals surface area contributed by atoms with Crippen LogP contribution in [0.15, 0.2) is 16.3 Å². The third-order valence-electron chi connectivity index (χ3n) is 3.28. The summed E-state index contributed by atoms with van der Waals surface area (Å²) in [6, 6.07) is 4.28. The summed E-state index contributed by atoms with van der Waals surface area (Å²) in [5.41, 5.74) is 5.49. The van der Waals surface area contributed by atoms with Crippen molar-refractivity contribution in [2.45, 2.75) is 50.4 Å². The van der Waals surface area contributed by atoms with Gasteiger partial charge in [0.15, 0.2) is 0 Å². The molecule has 0 spiro atoms. The fourth-order valence-corrected chi connectivity index (χ4v) is 4.71. The minimum atomic E-state index is -3.40. The molecule has 21 heavy (non-hydrogen) atoms. The van der Waals surface area contributed by atoms with E-state index in [0.29, 0.717) is 42.3 Å². The fourth-order valence-electron chi connectivity index (χ4n) is 2.27. The topological polar surface area (TPSA) is 75.4 Å². The van der Waals surface area contributed by atoms with E-state index in [4.69, 9.17) is 5.73 Å². The van der Waals surface area contributed by atoms with Crippen molar-refractivity contribution < 1.29 is 8.42 Å². The second-order valence-electron chi connectivity index (χ2n) is 5.58. The van der Waals surface area contributed by atoms with E-state index in [2.05, 4.69) is 37.3 Å². The smallest absolute Gasteiger partial charge is 0.250 e. The molecule has 0 aliphatic heterocycles. The van der Waals surface area contributed by atoms with Gasteiger partial charge >= 0.3 is 0 Å². The zero-order valence-corrected chi connectivity index (χ0v) is 14.9. The maximum atomic E-state index is 12.2. The van der Waals surface area contributed by atoms with Crippen LogP contribution < -0.4 is 10.5 Å². The highest BCUT2D eigenvalue weighted by atomic mass is 32.2. The van der Waals surface area contributed by atoms with Crippen LogP contribution in [-0.4, -0.2) is 45.0 Å². The number of nitrogens with zero attached hydrogens (tertiary/aromatic N) is 1. The third kappa shape index (κ3) is 5.67. The Morgan fingerprint density at radius 1 is 1.24 bits per heavy atom. The van der Waals surface area contributed by atoms with E-state index in [9.17, 15) is 8.42 Å². The maximum Gasteiger partial charge on any atom is 0.250 e. The Balaban J connectivity index is 2.60. The second kappa shape index (κ2) is 8.24. The molecule has 0 amide bonds. The molecule has 0 atom stereocenters. The molecule has 1 rings (SSSR count). The van der Waals surface area contributed by atoms with Crippen LogP contribution in [0.2, 0.25) is 0 Å². The molecule has 0 aromatic carbocycles. The van der Waals surface area contributed by atoms with Crippen molar-refractivity contribution in [2.75, 3.05) is 19.6 Å². The Kier molecular flexibility index (Phi) is 7.29. The van der Waals surface area contributed by atoms with Crippen molar-refractivity contribution in [3.63, 3.8) is 0 Å². The van der Waals surface area contributed by atoms with E-state index < -0.39 is 10.0 Å². The molecule has 0 aliphatic rings. The molecular formula is C14H27N3O2S2. The van der Waals surface area contributed by atoms with Crippen LogP contribution in [0, 0.1) is 0 Å². The van der Waals surface area contributed by atoms with Gasteiger partial charge in [0.1, 0.15) is 4.21 Å². The first-order valence-electron chi connectivity index (χ1n) is 7.32. The number of nitrogens with two attached hydrogens (primary N) is 1. The van der Waals surface area contributed by atoms with Gasteiger partial charge in [0, 0.05) is 30.1 Å². The van der Waals surface area contributed by atoms with Gasteiger partial charge in [-0.1, -0.05) is 0 Å². The first-order chi connectivity index (χ1) is 9.77. The predicted molar refractivity (Wildman–Crippen MR) is 89.2 cm³/mol. The van der Waals surface area contributed by atoms with Gasteiger partial charge in [0.05, 0.1) is 0 Å². The Morgan fingerprint density at radius 2 is 1.86 bits per heavy atom.